The van der Waals surface area contributed by atoms with E-state index in [-0.39, 0.29) is 11.2 Å². The SMILES string of the molecule is COc1ccc([C@@]23CC/C(=N/NC(=O)Nc4cccc(O)c4)C[C@@H]2N(C)CC3)cc1OC. The van der Waals surface area contributed by atoms with Crippen LogP contribution in [0.2, 0.25) is 0 Å². The average Bonchev–Trinajstić information content (AvgIpc) is 3.14. The molecule has 2 aliphatic rings. The molecule has 1 saturated carbocycles. The van der Waals surface area contributed by atoms with E-state index in [9.17, 15) is 9.90 Å². The summed E-state index contributed by atoms with van der Waals surface area (Å²) in [7, 11) is 5.46. The van der Waals surface area contributed by atoms with Crippen LogP contribution in [0.4, 0.5) is 10.5 Å². The first-order valence-corrected chi connectivity index (χ1v) is 10.8. The summed E-state index contributed by atoms with van der Waals surface area (Å²) in [5, 5.41) is 16.6. The van der Waals surface area contributed by atoms with Crippen LogP contribution in [0.1, 0.15) is 31.2 Å². The van der Waals surface area contributed by atoms with Crippen molar-refractivity contribution in [3.8, 4) is 17.2 Å². The van der Waals surface area contributed by atoms with Gasteiger partial charge in [0, 0.05) is 35.3 Å². The molecule has 4 rings (SSSR count). The number of benzene rings is 2. The summed E-state index contributed by atoms with van der Waals surface area (Å²) in [6.07, 6.45) is 3.62. The third kappa shape index (κ3) is 4.23. The number of methoxy groups -OCH3 is 2. The number of carbonyl (C=O) groups is 1. The maximum absolute atomic E-state index is 12.2. The van der Waals surface area contributed by atoms with Gasteiger partial charge < -0.3 is 24.8 Å². The third-order valence-corrected chi connectivity index (χ3v) is 6.75. The monoisotopic (exact) mass is 438 g/mol. The van der Waals surface area contributed by atoms with Crippen molar-refractivity contribution < 1.29 is 19.4 Å². The van der Waals surface area contributed by atoms with Crippen LogP contribution in [-0.4, -0.2) is 55.6 Å². The predicted molar refractivity (Wildman–Crippen MR) is 124 cm³/mol. The number of phenols is 1. The third-order valence-electron chi connectivity index (χ3n) is 6.75. The molecule has 1 saturated heterocycles. The number of anilines is 1. The minimum Gasteiger partial charge on any atom is -0.508 e. The molecule has 2 fully saturated rings. The van der Waals surface area contributed by atoms with Gasteiger partial charge in [0.25, 0.3) is 0 Å². The molecule has 2 atom stereocenters. The van der Waals surface area contributed by atoms with Crippen LogP contribution in [0.15, 0.2) is 47.6 Å². The van der Waals surface area contributed by atoms with E-state index in [4.69, 9.17) is 9.47 Å². The fourth-order valence-electron chi connectivity index (χ4n) is 5.06. The Morgan fingerprint density at radius 3 is 2.72 bits per heavy atom. The number of likely N-dealkylation sites (tertiary alicyclic amines) is 1. The number of rotatable bonds is 5. The molecule has 8 nitrogen and oxygen atoms in total. The highest BCUT2D eigenvalue weighted by Gasteiger charge is 2.49. The Balaban J connectivity index is 1.48. The molecule has 2 aromatic rings. The lowest BCUT2D eigenvalue weighted by Crippen LogP contribution is -2.46. The van der Waals surface area contributed by atoms with Gasteiger partial charge in [-0.3, -0.25) is 0 Å². The van der Waals surface area contributed by atoms with Gasteiger partial charge in [0.1, 0.15) is 5.75 Å². The standard InChI is InChI=1S/C24H30N4O4/c1-28-12-11-24(16-7-8-20(31-2)21(13-16)32-3)10-9-18(15-22(24)28)26-27-23(30)25-17-5-4-6-19(29)14-17/h4-8,13-14,22,29H,9-12,15H2,1-3H3,(H2,25,27,30)/b26-18-/t22-,24-/m0/s1. The van der Waals surface area contributed by atoms with E-state index in [2.05, 4.69) is 39.9 Å². The minimum absolute atomic E-state index is 0.0249. The molecule has 32 heavy (non-hydrogen) atoms. The van der Waals surface area contributed by atoms with Crippen molar-refractivity contribution in [2.75, 3.05) is 33.1 Å². The molecule has 1 aliphatic carbocycles. The highest BCUT2D eigenvalue weighted by molar-refractivity contribution is 5.92. The molecular formula is C24H30N4O4. The Morgan fingerprint density at radius 1 is 1.16 bits per heavy atom. The van der Waals surface area contributed by atoms with Crippen molar-refractivity contribution in [2.24, 2.45) is 5.10 Å². The van der Waals surface area contributed by atoms with E-state index >= 15 is 0 Å². The topological polar surface area (TPSA) is 95.4 Å². The van der Waals surface area contributed by atoms with Crippen molar-refractivity contribution >= 4 is 17.4 Å². The molecule has 170 valence electrons. The number of aromatic hydroxyl groups is 1. The van der Waals surface area contributed by atoms with Crippen molar-refractivity contribution in [1.82, 2.24) is 10.3 Å². The van der Waals surface area contributed by atoms with Crippen LogP contribution >= 0.6 is 0 Å². The number of hydrazone groups is 1. The summed E-state index contributed by atoms with van der Waals surface area (Å²) >= 11 is 0. The van der Waals surface area contributed by atoms with Gasteiger partial charge in [-0.25, -0.2) is 10.2 Å². The van der Waals surface area contributed by atoms with Gasteiger partial charge in [0.15, 0.2) is 11.5 Å². The summed E-state index contributed by atoms with van der Waals surface area (Å²) in [5.74, 6) is 1.57. The van der Waals surface area contributed by atoms with Gasteiger partial charge in [-0.1, -0.05) is 12.1 Å². The highest BCUT2D eigenvalue weighted by atomic mass is 16.5. The van der Waals surface area contributed by atoms with Gasteiger partial charge in [-0.2, -0.15) is 5.10 Å². The Bertz CT molecular complexity index is 1020. The molecule has 3 N–H and O–H groups in total. The number of hydrogen-bond donors (Lipinski definition) is 3. The number of hydrogen-bond acceptors (Lipinski definition) is 6. The molecule has 0 aromatic heterocycles. The first kappa shape index (κ1) is 22.0. The molecule has 0 unspecified atom stereocenters. The Hall–Kier alpha value is -3.26. The number of carbonyl (C=O) groups excluding carboxylic acids is 1. The molecule has 1 heterocycles. The zero-order valence-electron chi connectivity index (χ0n) is 18.7. The number of ether oxygens (including phenoxy) is 2. The number of nitrogens with zero attached hydrogens (tertiary/aromatic N) is 2. The largest absolute Gasteiger partial charge is 0.508 e. The van der Waals surface area contributed by atoms with Crippen LogP contribution in [-0.2, 0) is 5.41 Å². The lowest BCUT2D eigenvalue weighted by atomic mass is 9.65. The molecule has 0 bridgehead atoms. The molecular weight excluding hydrogens is 408 g/mol. The second-order valence-electron chi connectivity index (χ2n) is 8.47. The summed E-state index contributed by atoms with van der Waals surface area (Å²) in [6, 6.07) is 12.5. The van der Waals surface area contributed by atoms with Gasteiger partial charge in [0.2, 0.25) is 0 Å². The normalized spacial score (nSPS) is 24.1. The smallest absolute Gasteiger partial charge is 0.339 e. The summed E-state index contributed by atoms with van der Waals surface area (Å²) < 4.78 is 11.0. The predicted octanol–water partition coefficient (Wildman–Crippen LogP) is 3.71. The van der Waals surface area contributed by atoms with Gasteiger partial charge in [0.05, 0.1) is 14.2 Å². The quantitative estimate of drug-likeness (QED) is 0.619. The van der Waals surface area contributed by atoms with Crippen molar-refractivity contribution in [3.05, 3.63) is 48.0 Å². The number of fused-ring (bicyclic) bond motifs is 1. The van der Waals surface area contributed by atoms with Crippen LogP contribution in [0, 0.1) is 0 Å². The number of phenolic OH excluding ortho intramolecular Hbond substituents is 1. The van der Waals surface area contributed by atoms with E-state index in [1.165, 1.54) is 11.6 Å². The number of amides is 2. The lowest BCUT2D eigenvalue weighted by molar-refractivity contribution is 0.225. The summed E-state index contributed by atoms with van der Waals surface area (Å²) in [6.45, 7) is 1.01. The van der Waals surface area contributed by atoms with E-state index in [0.29, 0.717) is 11.7 Å². The summed E-state index contributed by atoms with van der Waals surface area (Å²) in [4.78, 5) is 14.6. The molecule has 2 amide bonds. The molecule has 8 heteroatoms. The summed E-state index contributed by atoms with van der Waals surface area (Å²) in [5.41, 5.74) is 5.38. The zero-order chi connectivity index (χ0) is 22.7. The number of likely N-dealkylation sites (N-methyl/N-ethyl adjacent to an activating group) is 1. The Kier molecular flexibility index (Phi) is 6.23. The van der Waals surface area contributed by atoms with Crippen molar-refractivity contribution in [3.63, 3.8) is 0 Å². The first-order valence-electron chi connectivity index (χ1n) is 10.8. The number of urea groups is 1. The van der Waals surface area contributed by atoms with Crippen LogP contribution in [0.3, 0.4) is 0 Å². The highest BCUT2D eigenvalue weighted by Crippen LogP contribution is 2.49. The molecule has 1 aliphatic heterocycles. The number of nitrogens with one attached hydrogen (secondary N) is 2. The van der Waals surface area contributed by atoms with Crippen LogP contribution < -0.4 is 20.2 Å². The van der Waals surface area contributed by atoms with Crippen LogP contribution in [0.5, 0.6) is 17.2 Å². The lowest BCUT2D eigenvalue weighted by Gasteiger charge is -2.42. The first-order chi connectivity index (χ1) is 15.4. The van der Waals surface area contributed by atoms with E-state index in [0.717, 1.165) is 49.4 Å². The van der Waals surface area contributed by atoms with Crippen LogP contribution in [0.25, 0.3) is 0 Å². The zero-order valence-corrected chi connectivity index (χ0v) is 18.7. The van der Waals surface area contributed by atoms with E-state index < -0.39 is 6.03 Å². The fraction of sp³-hybridized carbons (Fsp3) is 0.417. The average molecular weight is 439 g/mol. The Labute approximate surface area is 188 Å². The molecule has 2 aromatic carbocycles. The van der Waals surface area contributed by atoms with Crippen molar-refractivity contribution in [2.45, 2.75) is 37.1 Å². The molecule has 0 radical (unpaired) electrons. The van der Waals surface area contributed by atoms with Gasteiger partial charge in [-0.15, -0.1) is 0 Å². The van der Waals surface area contributed by atoms with E-state index in [1.807, 2.05) is 6.07 Å². The Morgan fingerprint density at radius 2 is 1.97 bits per heavy atom. The maximum Gasteiger partial charge on any atom is 0.339 e. The van der Waals surface area contributed by atoms with Gasteiger partial charge in [-0.05, 0) is 62.7 Å². The minimum atomic E-state index is -0.431. The van der Waals surface area contributed by atoms with E-state index in [1.54, 1.807) is 32.4 Å². The second-order valence-corrected chi connectivity index (χ2v) is 8.47. The fourth-order valence-corrected chi connectivity index (χ4v) is 5.06. The maximum atomic E-state index is 12.2. The second kappa shape index (κ2) is 9.08. The molecule has 0 spiro atoms. The van der Waals surface area contributed by atoms with Gasteiger partial charge >= 0.3 is 6.03 Å². The van der Waals surface area contributed by atoms with Crippen molar-refractivity contribution in [1.29, 1.82) is 0 Å².